The topological polar surface area (TPSA) is 61.3 Å². The monoisotopic (exact) mass is 274 g/mol. The van der Waals surface area contributed by atoms with Gasteiger partial charge in [-0.1, -0.05) is 26.8 Å². The zero-order valence-electron chi connectivity index (χ0n) is 12.8. The van der Waals surface area contributed by atoms with Gasteiger partial charge < -0.3 is 14.9 Å². The van der Waals surface area contributed by atoms with E-state index in [-0.39, 0.29) is 5.41 Å². The Morgan fingerprint density at radius 2 is 2.00 bits per heavy atom. The van der Waals surface area contributed by atoms with Gasteiger partial charge in [-0.05, 0) is 24.0 Å². The zero-order chi connectivity index (χ0) is 14.9. The summed E-state index contributed by atoms with van der Waals surface area (Å²) in [5, 5.41) is 0. The van der Waals surface area contributed by atoms with Gasteiger partial charge in [-0.3, -0.25) is 0 Å². The van der Waals surface area contributed by atoms with E-state index >= 15 is 0 Å². The van der Waals surface area contributed by atoms with Crippen molar-refractivity contribution in [3.8, 4) is 17.1 Å². The molecule has 20 heavy (non-hydrogen) atoms. The van der Waals surface area contributed by atoms with Crippen molar-refractivity contribution in [3.05, 3.63) is 35.3 Å². The number of hydrogen-bond donors (Lipinski definition) is 1. The minimum Gasteiger partial charge on any atom is -0.496 e. The Balaban J connectivity index is 2.66. The van der Waals surface area contributed by atoms with E-state index in [2.05, 4.69) is 44.8 Å². The molecule has 0 unspecified atom stereocenters. The molecule has 0 amide bonds. The molecule has 108 valence electrons. The molecule has 0 fully saturated rings. The van der Waals surface area contributed by atoms with Gasteiger partial charge in [0.1, 0.15) is 5.75 Å². The molecule has 2 rings (SSSR count). The number of aryl methyl sites for hydroxylation is 1. The molecular formula is C16H22N2O2. The highest BCUT2D eigenvalue weighted by molar-refractivity contribution is 5.69. The van der Waals surface area contributed by atoms with Crippen molar-refractivity contribution in [1.29, 1.82) is 0 Å². The Bertz CT molecular complexity index is 609. The SMILES string of the molecule is COc1c(-c2cnc(CN)o2)cc(C)cc1C(C)(C)C. The predicted octanol–water partition coefficient (Wildman–Crippen LogP) is 3.41. The Morgan fingerprint density at radius 1 is 1.30 bits per heavy atom. The fourth-order valence-electron chi connectivity index (χ4n) is 2.26. The highest BCUT2D eigenvalue weighted by Crippen LogP contribution is 2.40. The second-order valence-corrected chi connectivity index (χ2v) is 5.97. The van der Waals surface area contributed by atoms with E-state index in [1.807, 2.05) is 0 Å². The van der Waals surface area contributed by atoms with Crippen molar-refractivity contribution < 1.29 is 9.15 Å². The lowest BCUT2D eigenvalue weighted by Crippen LogP contribution is -2.13. The summed E-state index contributed by atoms with van der Waals surface area (Å²) in [4.78, 5) is 4.16. The van der Waals surface area contributed by atoms with E-state index in [4.69, 9.17) is 14.9 Å². The normalized spacial score (nSPS) is 11.7. The van der Waals surface area contributed by atoms with Crippen LogP contribution in [0.1, 0.15) is 37.8 Å². The Labute approximate surface area is 120 Å². The van der Waals surface area contributed by atoms with Crippen LogP contribution in [0.3, 0.4) is 0 Å². The van der Waals surface area contributed by atoms with Crippen LogP contribution < -0.4 is 10.5 Å². The summed E-state index contributed by atoms with van der Waals surface area (Å²) in [6.07, 6.45) is 1.70. The largest absolute Gasteiger partial charge is 0.496 e. The van der Waals surface area contributed by atoms with Gasteiger partial charge in [0.2, 0.25) is 5.89 Å². The van der Waals surface area contributed by atoms with Crippen molar-refractivity contribution in [2.75, 3.05) is 7.11 Å². The minimum absolute atomic E-state index is 0.0111. The molecule has 0 aliphatic carbocycles. The molecule has 2 N–H and O–H groups in total. The van der Waals surface area contributed by atoms with Gasteiger partial charge in [0.25, 0.3) is 0 Å². The summed E-state index contributed by atoms with van der Waals surface area (Å²) >= 11 is 0. The quantitative estimate of drug-likeness (QED) is 0.931. The number of ether oxygens (including phenoxy) is 1. The van der Waals surface area contributed by atoms with Gasteiger partial charge in [-0.25, -0.2) is 4.98 Å². The predicted molar refractivity (Wildman–Crippen MR) is 79.8 cm³/mol. The Hall–Kier alpha value is -1.81. The molecule has 1 aromatic carbocycles. The fourth-order valence-corrected chi connectivity index (χ4v) is 2.26. The molecule has 0 saturated carbocycles. The van der Waals surface area contributed by atoms with E-state index in [0.29, 0.717) is 18.2 Å². The summed E-state index contributed by atoms with van der Waals surface area (Å²) < 4.78 is 11.3. The van der Waals surface area contributed by atoms with Crippen molar-refractivity contribution in [3.63, 3.8) is 0 Å². The zero-order valence-corrected chi connectivity index (χ0v) is 12.8. The molecule has 4 heteroatoms. The number of rotatable bonds is 3. The van der Waals surface area contributed by atoms with Crippen LogP contribution >= 0.6 is 0 Å². The molecule has 2 aromatic rings. The van der Waals surface area contributed by atoms with Gasteiger partial charge in [-0.2, -0.15) is 0 Å². The standard InChI is InChI=1S/C16H22N2O2/c1-10-6-11(13-9-18-14(8-17)20-13)15(19-5)12(7-10)16(2,3)4/h6-7,9H,8,17H2,1-5H3. The summed E-state index contributed by atoms with van der Waals surface area (Å²) in [6, 6.07) is 4.21. The van der Waals surface area contributed by atoms with E-state index in [0.717, 1.165) is 22.4 Å². The van der Waals surface area contributed by atoms with Crippen molar-refractivity contribution >= 4 is 0 Å². The van der Waals surface area contributed by atoms with Gasteiger partial charge in [-0.15, -0.1) is 0 Å². The number of methoxy groups -OCH3 is 1. The summed E-state index contributed by atoms with van der Waals surface area (Å²) in [6.45, 7) is 8.86. The second kappa shape index (κ2) is 5.29. The van der Waals surface area contributed by atoms with Crippen LogP contribution in [0.25, 0.3) is 11.3 Å². The van der Waals surface area contributed by atoms with Crippen LogP contribution in [0.5, 0.6) is 5.75 Å². The smallest absolute Gasteiger partial charge is 0.208 e. The van der Waals surface area contributed by atoms with Gasteiger partial charge in [0, 0.05) is 5.56 Å². The van der Waals surface area contributed by atoms with Crippen LogP contribution in [0.15, 0.2) is 22.7 Å². The first kappa shape index (κ1) is 14.6. The number of hydrogen-bond acceptors (Lipinski definition) is 4. The van der Waals surface area contributed by atoms with Crippen LogP contribution in [-0.4, -0.2) is 12.1 Å². The third-order valence-corrected chi connectivity index (χ3v) is 3.24. The van der Waals surface area contributed by atoms with Crippen molar-refractivity contribution in [1.82, 2.24) is 4.98 Å². The molecule has 4 nitrogen and oxygen atoms in total. The maximum atomic E-state index is 5.67. The molecule has 0 atom stereocenters. The van der Waals surface area contributed by atoms with E-state index in [1.165, 1.54) is 0 Å². The maximum absolute atomic E-state index is 5.67. The summed E-state index contributed by atoms with van der Waals surface area (Å²) in [7, 11) is 1.68. The van der Waals surface area contributed by atoms with Crippen LogP contribution in [0.4, 0.5) is 0 Å². The van der Waals surface area contributed by atoms with E-state index < -0.39 is 0 Å². The second-order valence-electron chi connectivity index (χ2n) is 5.97. The molecule has 0 radical (unpaired) electrons. The lowest BCUT2D eigenvalue weighted by atomic mass is 9.84. The van der Waals surface area contributed by atoms with Crippen LogP contribution in [0.2, 0.25) is 0 Å². The average molecular weight is 274 g/mol. The molecule has 0 aliphatic rings. The Morgan fingerprint density at radius 3 is 2.50 bits per heavy atom. The number of aromatic nitrogens is 1. The molecule has 1 aromatic heterocycles. The van der Waals surface area contributed by atoms with Gasteiger partial charge in [0.15, 0.2) is 5.76 Å². The van der Waals surface area contributed by atoms with Crippen molar-refractivity contribution in [2.45, 2.75) is 39.7 Å². The van der Waals surface area contributed by atoms with Crippen LogP contribution in [-0.2, 0) is 12.0 Å². The first-order valence-electron chi connectivity index (χ1n) is 6.71. The lowest BCUT2D eigenvalue weighted by molar-refractivity contribution is 0.397. The maximum Gasteiger partial charge on any atom is 0.208 e. The van der Waals surface area contributed by atoms with Gasteiger partial charge in [0.05, 0.1) is 25.4 Å². The average Bonchev–Trinajstić information content (AvgIpc) is 2.85. The Kier molecular flexibility index (Phi) is 3.86. The third kappa shape index (κ3) is 2.70. The number of nitrogens with zero attached hydrogens (tertiary/aromatic N) is 1. The lowest BCUT2D eigenvalue weighted by Gasteiger charge is -2.24. The number of nitrogens with two attached hydrogens (primary N) is 1. The first-order chi connectivity index (χ1) is 9.36. The highest BCUT2D eigenvalue weighted by Gasteiger charge is 2.23. The first-order valence-corrected chi connectivity index (χ1v) is 6.71. The summed E-state index contributed by atoms with van der Waals surface area (Å²) in [5.41, 5.74) is 8.78. The van der Waals surface area contributed by atoms with E-state index in [9.17, 15) is 0 Å². The molecular weight excluding hydrogens is 252 g/mol. The molecule has 0 bridgehead atoms. The summed E-state index contributed by atoms with van der Waals surface area (Å²) in [5.74, 6) is 2.06. The molecule has 1 heterocycles. The van der Waals surface area contributed by atoms with E-state index in [1.54, 1.807) is 13.3 Å². The fraction of sp³-hybridized carbons (Fsp3) is 0.438. The minimum atomic E-state index is -0.0111. The third-order valence-electron chi connectivity index (χ3n) is 3.24. The highest BCUT2D eigenvalue weighted by atomic mass is 16.5. The number of benzene rings is 1. The van der Waals surface area contributed by atoms with Gasteiger partial charge >= 0.3 is 0 Å². The number of oxazole rings is 1. The molecule has 0 spiro atoms. The van der Waals surface area contributed by atoms with Crippen LogP contribution in [0, 0.1) is 6.92 Å². The molecule has 0 aliphatic heterocycles. The molecule has 0 saturated heterocycles. The van der Waals surface area contributed by atoms with Crippen molar-refractivity contribution in [2.24, 2.45) is 5.73 Å².